The minimum Gasteiger partial charge on any atom is -0.310 e. The molecule has 0 aliphatic heterocycles. The van der Waals surface area contributed by atoms with E-state index in [0.29, 0.717) is 28.6 Å². The van der Waals surface area contributed by atoms with Crippen LogP contribution in [-0.2, 0) is 6.42 Å². The summed E-state index contributed by atoms with van der Waals surface area (Å²) in [6.45, 7) is 2.66. The van der Waals surface area contributed by atoms with Crippen molar-refractivity contribution in [2.45, 2.75) is 19.4 Å². The highest BCUT2D eigenvalue weighted by molar-refractivity contribution is 9.10. The van der Waals surface area contributed by atoms with Crippen LogP contribution in [0, 0.1) is 11.6 Å². The molecule has 1 atom stereocenters. The van der Waals surface area contributed by atoms with Gasteiger partial charge in [-0.2, -0.15) is 0 Å². The second-order valence-electron chi connectivity index (χ2n) is 4.49. The van der Waals surface area contributed by atoms with Gasteiger partial charge in [0.15, 0.2) is 0 Å². The zero-order valence-corrected chi connectivity index (χ0v) is 12.6. The van der Waals surface area contributed by atoms with E-state index in [0.717, 1.165) is 6.20 Å². The van der Waals surface area contributed by atoms with E-state index in [4.69, 9.17) is 0 Å². The number of pyridine rings is 1. The maximum absolute atomic E-state index is 13.9. The molecular weight excluding hydrogens is 326 g/mol. The maximum Gasteiger partial charge on any atom is 0.141 e. The zero-order valence-electron chi connectivity index (χ0n) is 11.0. The van der Waals surface area contributed by atoms with Crippen molar-refractivity contribution in [1.29, 1.82) is 0 Å². The van der Waals surface area contributed by atoms with E-state index in [2.05, 4.69) is 26.2 Å². The standard InChI is InChI=1S/C15H15BrF2N2/c1-2-20-15(11-5-13(17)9-19-8-11)6-10-3-4-12(16)7-14(10)18/h3-5,7-9,15,20H,2,6H2,1H3. The normalized spacial score (nSPS) is 12.4. The van der Waals surface area contributed by atoms with E-state index < -0.39 is 0 Å². The second kappa shape index (κ2) is 6.90. The SMILES string of the molecule is CCNC(Cc1ccc(Br)cc1F)c1cncc(F)c1. The third-order valence-corrected chi connectivity index (χ3v) is 3.51. The Labute approximate surface area is 125 Å². The fraction of sp³-hybridized carbons (Fsp3) is 0.267. The minimum atomic E-state index is -0.387. The third kappa shape index (κ3) is 3.84. The second-order valence-corrected chi connectivity index (χ2v) is 5.40. The Balaban J connectivity index is 2.25. The van der Waals surface area contributed by atoms with Crippen LogP contribution in [0.5, 0.6) is 0 Å². The molecule has 0 aliphatic carbocycles. The van der Waals surface area contributed by atoms with Gasteiger partial charge in [0.1, 0.15) is 11.6 Å². The number of likely N-dealkylation sites (N-methyl/N-ethyl adjacent to an activating group) is 1. The van der Waals surface area contributed by atoms with Crippen molar-refractivity contribution in [3.63, 3.8) is 0 Å². The molecule has 0 fully saturated rings. The van der Waals surface area contributed by atoms with E-state index in [1.165, 1.54) is 12.1 Å². The highest BCUT2D eigenvalue weighted by atomic mass is 79.9. The van der Waals surface area contributed by atoms with Crippen molar-refractivity contribution in [2.75, 3.05) is 6.54 Å². The van der Waals surface area contributed by atoms with Crippen LogP contribution < -0.4 is 5.32 Å². The Morgan fingerprint density at radius 1 is 1.25 bits per heavy atom. The van der Waals surface area contributed by atoms with Crippen molar-refractivity contribution >= 4 is 15.9 Å². The molecule has 106 valence electrons. The summed E-state index contributed by atoms with van der Waals surface area (Å²) in [5, 5.41) is 3.23. The largest absolute Gasteiger partial charge is 0.310 e. The first kappa shape index (κ1) is 15.1. The molecule has 0 amide bonds. The quantitative estimate of drug-likeness (QED) is 0.889. The van der Waals surface area contributed by atoms with Gasteiger partial charge in [-0.3, -0.25) is 4.98 Å². The van der Waals surface area contributed by atoms with Gasteiger partial charge in [-0.15, -0.1) is 0 Å². The van der Waals surface area contributed by atoms with Crippen molar-refractivity contribution in [1.82, 2.24) is 10.3 Å². The predicted octanol–water partition coefficient (Wildman–Crippen LogP) is 4.02. The summed E-state index contributed by atoms with van der Waals surface area (Å²) < 4.78 is 27.9. The zero-order chi connectivity index (χ0) is 14.5. The first-order chi connectivity index (χ1) is 9.60. The number of nitrogens with zero attached hydrogens (tertiary/aromatic N) is 1. The van der Waals surface area contributed by atoms with Crippen LogP contribution in [0.25, 0.3) is 0 Å². The van der Waals surface area contributed by atoms with Crippen molar-refractivity contribution in [3.8, 4) is 0 Å². The van der Waals surface area contributed by atoms with Gasteiger partial charge in [0.05, 0.1) is 6.20 Å². The number of aromatic nitrogens is 1. The topological polar surface area (TPSA) is 24.9 Å². The molecule has 2 rings (SSSR count). The highest BCUT2D eigenvalue weighted by Crippen LogP contribution is 2.22. The molecule has 2 nitrogen and oxygen atoms in total. The number of hydrogen-bond donors (Lipinski definition) is 1. The summed E-state index contributed by atoms with van der Waals surface area (Å²) in [7, 11) is 0. The van der Waals surface area contributed by atoms with E-state index in [-0.39, 0.29) is 17.7 Å². The summed E-state index contributed by atoms with van der Waals surface area (Å²) in [6, 6.07) is 6.22. The predicted molar refractivity (Wildman–Crippen MR) is 78.4 cm³/mol. The Morgan fingerprint density at radius 3 is 2.70 bits per heavy atom. The van der Waals surface area contributed by atoms with Gasteiger partial charge in [0, 0.05) is 16.7 Å². The summed E-state index contributed by atoms with van der Waals surface area (Å²) >= 11 is 3.23. The lowest BCUT2D eigenvalue weighted by Crippen LogP contribution is -2.23. The maximum atomic E-state index is 13.9. The molecule has 2 aromatic rings. The average molecular weight is 341 g/mol. The lowest BCUT2D eigenvalue weighted by molar-refractivity contribution is 0.521. The van der Waals surface area contributed by atoms with E-state index in [1.54, 1.807) is 18.3 Å². The monoisotopic (exact) mass is 340 g/mol. The van der Waals surface area contributed by atoms with Crippen LogP contribution in [0.3, 0.4) is 0 Å². The van der Waals surface area contributed by atoms with E-state index in [9.17, 15) is 8.78 Å². The van der Waals surface area contributed by atoms with Gasteiger partial charge < -0.3 is 5.32 Å². The molecular formula is C15H15BrF2N2. The summed E-state index contributed by atoms with van der Waals surface area (Å²) in [6.07, 6.45) is 3.21. The Kier molecular flexibility index (Phi) is 5.20. The fourth-order valence-corrected chi connectivity index (χ4v) is 2.41. The minimum absolute atomic E-state index is 0.168. The van der Waals surface area contributed by atoms with E-state index >= 15 is 0 Å². The van der Waals surface area contributed by atoms with Crippen LogP contribution >= 0.6 is 15.9 Å². The molecule has 1 heterocycles. The number of rotatable bonds is 5. The Morgan fingerprint density at radius 2 is 2.05 bits per heavy atom. The Hall–Kier alpha value is -1.33. The third-order valence-electron chi connectivity index (χ3n) is 3.02. The van der Waals surface area contributed by atoms with Gasteiger partial charge in [-0.1, -0.05) is 28.9 Å². The van der Waals surface area contributed by atoms with Crippen molar-refractivity contribution in [3.05, 3.63) is 63.9 Å². The molecule has 0 spiro atoms. The summed E-state index contributed by atoms with van der Waals surface area (Å²) in [5.74, 6) is -0.659. The van der Waals surface area contributed by atoms with Gasteiger partial charge in [0.2, 0.25) is 0 Å². The molecule has 1 aromatic carbocycles. The number of nitrogens with one attached hydrogen (secondary N) is 1. The average Bonchev–Trinajstić information content (AvgIpc) is 2.41. The lowest BCUT2D eigenvalue weighted by atomic mass is 9.99. The Bertz CT molecular complexity index is 590. The lowest BCUT2D eigenvalue weighted by Gasteiger charge is -2.18. The van der Waals surface area contributed by atoms with Gasteiger partial charge in [-0.05, 0) is 42.3 Å². The number of halogens is 3. The first-order valence-electron chi connectivity index (χ1n) is 6.38. The molecule has 0 radical (unpaired) electrons. The molecule has 1 aromatic heterocycles. The van der Waals surface area contributed by atoms with Crippen molar-refractivity contribution < 1.29 is 8.78 Å². The fourth-order valence-electron chi connectivity index (χ4n) is 2.08. The molecule has 1 unspecified atom stereocenters. The van der Waals surface area contributed by atoms with Crippen LogP contribution in [0.1, 0.15) is 24.1 Å². The molecule has 1 N–H and O–H groups in total. The molecule has 20 heavy (non-hydrogen) atoms. The van der Waals surface area contributed by atoms with Gasteiger partial charge in [-0.25, -0.2) is 8.78 Å². The molecule has 0 bridgehead atoms. The molecule has 0 saturated carbocycles. The van der Waals surface area contributed by atoms with Crippen LogP contribution in [0.4, 0.5) is 8.78 Å². The van der Waals surface area contributed by atoms with Crippen molar-refractivity contribution in [2.24, 2.45) is 0 Å². The number of hydrogen-bond acceptors (Lipinski definition) is 2. The van der Waals surface area contributed by atoms with Crippen LogP contribution in [0.15, 0.2) is 41.1 Å². The first-order valence-corrected chi connectivity index (χ1v) is 7.17. The van der Waals surface area contributed by atoms with Gasteiger partial charge >= 0.3 is 0 Å². The van der Waals surface area contributed by atoms with Crippen LogP contribution in [0.2, 0.25) is 0 Å². The van der Waals surface area contributed by atoms with E-state index in [1.807, 2.05) is 6.92 Å². The molecule has 0 aliphatic rings. The smallest absolute Gasteiger partial charge is 0.141 e. The highest BCUT2D eigenvalue weighted by Gasteiger charge is 2.15. The summed E-state index contributed by atoms with van der Waals surface area (Å²) in [5.41, 5.74) is 1.30. The van der Waals surface area contributed by atoms with Gasteiger partial charge in [0.25, 0.3) is 0 Å². The number of benzene rings is 1. The van der Waals surface area contributed by atoms with Crippen LogP contribution in [-0.4, -0.2) is 11.5 Å². The molecule has 0 saturated heterocycles. The summed E-state index contributed by atoms with van der Waals surface area (Å²) in [4.78, 5) is 3.85. The molecule has 5 heteroatoms.